The molecule has 0 saturated carbocycles. The highest BCUT2D eigenvalue weighted by Gasteiger charge is 2.52. The van der Waals surface area contributed by atoms with Crippen LogP contribution in [0.4, 0.5) is 17.1 Å². The molecule has 3 nitrogen and oxygen atoms in total. The minimum Gasteiger partial charge on any atom is -0.449 e. The van der Waals surface area contributed by atoms with E-state index in [1.807, 2.05) is 6.07 Å². The predicted molar refractivity (Wildman–Crippen MR) is 219 cm³/mol. The van der Waals surface area contributed by atoms with E-state index in [9.17, 15) is 0 Å². The normalized spacial score (nSPS) is 15.4. The summed E-state index contributed by atoms with van der Waals surface area (Å²) in [4.78, 5) is 2.42. The number of benzene rings is 7. The van der Waals surface area contributed by atoms with Gasteiger partial charge < -0.3 is 14.4 Å². The van der Waals surface area contributed by atoms with E-state index in [0.717, 1.165) is 54.3 Å². The molecule has 4 aliphatic carbocycles. The first kappa shape index (κ1) is 29.9. The zero-order valence-electron chi connectivity index (χ0n) is 29.7. The van der Waals surface area contributed by atoms with Crippen molar-refractivity contribution in [2.45, 2.75) is 31.1 Å². The van der Waals surface area contributed by atoms with Crippen LogP contribution in [-0.4, -0.2) is 0 Å². The summed E-state index contributed by atoms with van der Waals surface area (Å²) >= 11 is 0. The molecule has 0 N–H and O–H groups in total. The van der Waals surface area contributed by atoms with Crippen LogP contribution in [0.2, 0.25) is 0 Å². The van der Waals surface area contributed by atoms with Crippen LogP contribution in [0.3, 0.4) is 0 Å². The number of para-hydroxylation sites is 1. The van der Waals surface area contributed by atoms with Crippen LogP contribution in [0.25, 0.3) is 34.4 Å². The Bertz CT molecular complexity index is 2760. The second kappa shape index (κ2) is 11.2. The summed E-state index contributed by atoms with van der Waals surface area (Å²) in [7, 11) is 0. The third-order valence-corrected chi connectivity index (χ3v) is 12.3. The third-order valence-electron chi connectivity index (χ3n) is 12.3. The Morgan fingerprint density at radius 3 is 1.89 bits per heavy atom. The summed E-state index contributed by atoms with van der Waals surface area (Å²) in [5, 5.41) is 0. The van der Waals surface area contributed by atoms with Crippen molar-refractivity contribution < 1.29 is 9.47 Å². The van der Waals surface area contributed by atoms with Crippen molar-refractivity contribution in [3.05, 3.63) is 196 Å². The van der Waals surface area contributed by atoms with Crippen molar-refractivity contribution in [2.75, 3.05) is 4.90 Å². The van der Waals surface area contributed by atoms with Crippen LogP contribution >= 0.6 is 0 Å². The molecule has 0 fully saturated rings. The lowest BCUT2D eigenvalue weighted by molar-refractivity contribution is 0.360. The Balaban J connectivity index is 1.08. The summed E-state index contributed by atoms with van der Waals surface area (Å²) < 4.78 is 14.1. The third kappa shape index (κ3) is 3.96. The van der Waals surface area contributed by atoms with Gasteiger partial charge in [-0.25, -0.2) is 0 Å². The second-order valence-electron chi connectivity index (χ2n) is 15.0. The Kier molecular flexibility index (Phi) is 6.22. The molecule has 0 radical (unpaired) electrons. The molecule has 3 heteroatoms. The maximum atomic E-state index is 7.22. The average molecular weight is 694 g/mol. The van der Waals surface area contributed by atoms with Crippen LogP contribution in [0, 0.1) is 0 Å². The average Bonchev–Trinajstić information content (AvgIpc) is 3.69. The fourth-order valence-corrected chi connectivity index (χ4v) is 10.1. The zero-order valence-corrected chi connectivity index (χ0v) is 29.7. The number of hydrogen-bond donors (Lipinski definition) is 0. The number of nitrogens with zero attached hydrogens (tertiary/aromatic N) is 1. The lowest BCUT2D eigenvalue weighted by atomic mass is 9.70. The number of ether oxygens (including phenoxy) is 2. The molecule has 0 unspecified atom stereocenters. The molecule has 1 heterocycles. The van der Waals surface area contributed by atoms with Gasteiger partial charge in [0.05, 0.1) is 22.5 Å². The predicted octanol–water partition coefficient (Wildman–Crippen LogP) is 13.3. The molecule has 5 aliphatic rings. The van der Waals surface area contributed by atoms with Crippen molar-refractivity contribution in [2.24, 2.45) is 0 Å². The molecule has 54 heavy (non-hydrogen) atoms. The van der Waals surface area contributed by atoms with Crippen molar-refractivity contribution in [3.8, 4) is 45.3 Å². The molecule has 1 aliphatic heterocycles. The number of aryl methyl sites for hydroxylation is 1. The molecular formula is C51H35NO2. The second-order valence-corrected chi connectivity index (χ2v) is 15.0. The number of hydrogen-bond acceptors (Lipinski definition) is 3. The van der Waals surface area contributed by atoms with Crippen LogP contribution in [0.15, 0.2) is 152 Å². The van der Waals surface area contributed by atoms with Crippen molar-refractivity contribution >= 4 is 29.2 Å². The molecule has 0 amide bonds. The Morgan fingerprint density at radius 1 is 0.463 bits per heavy atom. The van der Waals surface area contributed by atoms with E-state index < -0.39 is 5.41 Å². The van der Waals surface area contributed by atoms with E-state index >= 15 is 0 Å². The quantitative estimate of drug-likeness (QED) is 0.184. The minimum absolute atomic E-state index is 0.463. The van der Waals surface area contributed by atoms with Gasteiger partial charge in [0.2, 0.25) is 0 Å². The molecule has 256 valence electrons. The van der Waals surface area contributed by atoms with Gasteiger partial charge >= 0.3 is 0 Å². The summed E-state index contributed by atoms with van der Waals surface area (Å²) in [5.41, 5.74) is 18.2. The smallest absolute Gasteiger partial charge is 0.194 e. The molecular weight excluding hydrogens is 659 g/mol. The molecule has 12 rings (SSSR count). The number of rotatable bonds is 3. The molecule has 0 saturated heterocycles. The molecule has 7 aromatic carbocycles. The Labute approximate surface area is 315 Å². The number of allylic oxidation sites excluding steroid dienone is 2. The molecule has 1 spiro atoms. The van der Waals surface area contributed by atoms with E-state index in [1.54, 1.807) is 0 Å². The van der Waals surface area contributed by atoms with Gasteiger partial charge in [-0.1, -0.05) is 127 Å². The van der Waals surface area contributed by atoms with Crippen molar-refractivity contribution in [1.29, 1.82) is 0 Å². The van der Waals surface area contributed by atoms with E-state index in [0.29, 0.717) is 5.75 Å². The first-order chi connectivity index (χ1) is 26.8. The maximum absolute atomic E-state index is 7.22. The van der Waals surface area contributed by atoms with Crippen molar-refractivity contribution in [3.63, 3.8) is 0 Å². The highest BCUT2D eigenvalue weighted by molar-refractivity contribution is 5.96. The summed E-state index contributed by atoms with van der Waals surface area (Å²) in [5.74, 6) is 2.91. The SMILES string of the molecule is C1=Cc2c(cccc2N(c2cccc3c2CCC=C3)c2cccc3c2Oc2cc4c(cc2O3)-c2ccccc2C42c3ccccc3-c3ccccc32)CC1. The largest absolute Gasteiger partial charge is 0.449 e. The lowest BCUT2D eigenvalue weighted by Gasteiger charge is -2.34. The lowest BCUT2D eigenvalue weighted by Crippen LogP contribution is -2.26. The molecule has 0 aromatic heterocycles. The minimum atomic E-state index is -0.463. The van der Waals surface area contributed by atoms with Crippen molar-refractivity contribution in [1.82, 2.24) is 0 Å². The molecule has 0 atom stereocenters. The van der Waals surface area contributed by atoms with Crippen LogP contribution in [-0.2, 0) is 18.3 Å². The Hall–Kier alpha value is -6.58. The molecule has 7 aromatic rings. The fraction of sp³-hybridized carbons (Fsp3) is 0.0980. The van der Waals surface area contributed by atoms with E-state index in [4.69, 9.17) is 9.47 Å². The number of fused-ring (bicyclic) bond motifs is 14. The highest BCUT2D eigenvalue weighted by atomic mass is 16.6. The van der Waals surface area contributed by atoms with Crippen LogP contribution in [0.5, 0.6) is 23.0 Å². The van der Waals surface area contributed by atoms with Gasteiger partial charge in [0.25, 0.3) is 0 Å². The van der Waals surface area contributed by atoms with E-state index in [1.165, 1.54) is 72.4 Å². The van der Waals surface area contributed by atoms with Gasteiger partial charge in [0, 0.05) is 5.56 Å². The summed E-state index contributed by atoms with van der Waals surface area (Å²) in [6, 6.07) is 51.0. The van der Waals surface area contributed by atoms with Crippen LogP contribution < -0.4 is 14.4 Å². The van der Waals surface area contributed by atoms with Gasteiger partial charge in [-0.05, 0) is 123 Å². The van der Waals surface area contributed by atoms with E-state index in [2.05, 4.69) is 163 Å². The number of anilines is 3. The monoisotopic (exact) mass is 693 g/mol. The first-order valence-corrected chi connectivity index (χ1v) is 19.1. The van der Waals surface area contributed by atoms with Gasteiger partial charge in [-0.2, -0.15) is 0 Å². The standard InChI is InChI=1S/C51H35NO2/c1-3-18-34-32(14-1)16-11-26-44(34)52(45-27-12-17-33-15-2-4-19-35(33)45)46-28-13-29-47-50(46)54-49-31-43-39(30-48(49)53-47)38-22-7-10-25-42(38)51(43)40-23-8-5-20-36(40)37-21-6-9-24-41(37)51/h1,4-14,16-17,19-31H,2-3,15,18H2. The van der Waals surface area contributed by atoms with Gasteiger partial charge in [-0.3, -0.25) is 0 Å². The Morgan fingerprint density at radius 2 is 1.09 bits per heavy atom. The summed E-state index contributed by atoms with van der Waals surface area (Å²) in [6.07, 6.45) is 13.2. The van der Waals surface area contributed by atoms with Crippen LogP contribution in [0.1, 0.15) is 57.3 Å². The molecule has 0 bridgehead atoms. The first-order valence-electron chi connectivity index (χ1n) is 19.1. The fourth-order valence-electron chi connectivity index (χ4n) is 10.1. The maximum Gasteiger partial charge on any atom is 0.194 e. The van der Waals surface area contributed by atoms with Gasteiger partial charge in [-0.15, -0.1) is 0 Å². The van der Waals surface area contributed by atoms with Gasteiger partial charge in [0.15, 0.2) is 23.0 Å². The topological polar surface area (TPSA) is 21.7 Å². The highest BCUT2D eigenvalue weighted by Crippen LogP contribution is 2.65. The summed E-state index contributed by atoms with van der Waals surface area (Å²) in [6.45, 7) is 0. The van der Waals surface area contributed by atoms with Gasteiger partial charge in [0.1, 0.15) is 0 Å². The zero-order chi connectivity index (χ0) is 35.4. The van der Waals surface area contributed by atoms with E-state index in [-0.39, 0.29) is 0 Å².